The zero-order chi connectivity index (χ0) is 23.8. The summed E-state index contributed by atoms with van der Waals surface area (Å²) in [7, 11) is 1.65. The lowest BCUT2D eigenvalue weighted by Crippen LogP contribution is -2.27. The van der Waals surface area contributed by atoms with Crippen molar-refractivity contribution in [2.24, 2.45) is 0 Å². The lowest BCUT2D eigenvalue weighted by molar-refractivity contribution is -0.116. The molecular formula is C31H27NO3. The molecule has 4 heteroatoms. The molecule has 0 unspecified atom stereocenters. The zero-order valence-electron chi connectivity index (χ0n) is 19.7. The van der Waals surface area contributed by atoms with Crippen molar-refractivity contribution >= 4 is 27.8 Å². The van der Waals surface area contributed by atoms with E-state index in [1.165, 1.54) is 21.9 Å². The first kappa shape index (κ1) is 21.5. The SMILES string of the molecule is COc1cc([C@@H]2Nc3ccc4ccccc4c3C3=C2C(=O)CCC3)ccc1OCc1ccccc1. The number of anilines is 1. The van der Waals surface area contributed by atoms with Crippen molar-refractivity contribution in [3.05, 3.63) is 107 Å². The number of benzene rings is 4. The van der Waals surface area contributed by atoms with Crippen LogP contribution in [0.15, 0.2) is 90.5 Å². The van der Waals surface area contributed by atoms with Gasteiger partial charge in [-0.1, -0.05) is 66.7 Å². The number of hydrogen-bond acceptors (Lipinski definition) is 4. The molecule has 6 rings (SSSR count). The third kappa shape index (κ3) is 3.85. The highest BCUT2D eigenvalue weighted by atomic mass is 16.5. The maximum Gasteiger partial charge on any atom is 0.161 e. The van der Waals surface area contributed by atoms with Crippen LogP contribution in [0.2, 0.25) is 0 Å². The summed E-state index contributed by atoms with van der Waals surface area (Å²) in [4.78, 5) is 13.3. The van der Waals surface area contributed by atoms with Crippen LogP contribution in [-0.2, 0) is 11.4 Å². The number of ether oxygens (including phenoxy) is 2. The Bertz CT molecular complexity index is 1460. The molecule has 1 aliphatic heterocycles. The number of carbonyl (C=O) groups excluding carboxylic acids is 1. The minimum Gasteiger partial charge on any atom is -0.493 e. The first-order chi connectivity index (χ1) is 17.2. The number of fused-ring (bicyclic) bond motifs is 4. The van der Waals surface area contributed by atoms with Crippen LogP contribution in [0.4, 0.5) is 5.69 Å². The molecule has 0 saturated carbocycles. The molecule has 0 aromatic heterocycles. The average molecular weight is 462 g/mol. The molecule has 35 heavy (non-hydrogen) atoms. The fraction of sp³-hybridized carbons (Fsp3) is 0.194. The van der Waals surface area contributed by atoms with E-state index in [4.69, 9.17) is 9.47 Å². The third-order valence-electron chi connectivity index (χ3n) is 7.03. The van der Waals surface area contributed by atoms with E-state index in [0.29, 0.717) is 24.5 Å². The number of allylic oxidation sites excluding steroid dienone is 1. The molecule has 0 saturated heterocycles. The summed E-state index contributed by atoms with van der Waals surface area (Å²) >= 11 is 0. The van der Waals surface area contributed by atoms with Crippen LogP contribution in [0.25, 0.3) is 16.3 Å². The molecule has 4 aromatic rings. The Kier molecular flexibility index (Phi) is 5.49. The van der Waals surface area contributed by atoms with Crippen LogP contribution < -0.4 is 14.8 Å². The molecule has 1 N–H and O–H groups in total. The molecule has 4 nitrogen and oxygen atoms in total. The predicted octanol–water partition coefficient (Wildman–Crippen LogP) is 7.10. The van der Waals surface area contributed by atoms with E-state index in [-0.39, 0.29) is 11.8 Å². The van der Waals surface area contributed by atoms with Crippen LogP contribution in [0.5, 0.6) is 11.5 Å². The van der Waals surface area contributed by atoms with Crippen molar-refractivity contribution < 1.29 is 14.3 Å². The number of carbonyl (C=O) groups is 1. The Morgan fingerprint density at radius 3 is 2.57 bits per heavy atom. The van der Waals surface area contributed by atoms with Crippen LogP contribution in [0.1, 0.15) is 42.0 Å². The van der Waals surface area contributed by atoms with Gasteiger partial charge in [-0.2, -0.15) is 0 Å². The first-order valence-corrected chi connectivity index (χ1v) is 12.1. The molecule has 1 atom stereocenters. The van der Waals surface area contributed by atoms with Crippen LogP contribution in [0, 0.1) is 0 Å². The van der Waals surface area contributed by atoms with Gasteiger partial charge in [0.2, 0.25) is 0 Å². The maximum absolute atomic E-state index is 13.3. The fourth-order valence-corrected chi connectivity index (χ4v) is 5.37. The fourth-order valence-electron chi connectivity index (χ4n) is 5.37. The van der Waals surface area contributed by atoms with E-state index in [0.717, 1.165) is 35.2 Å². The topological polar surface area (TPSA) is 47.6 Å². The molecular weight excluding hydrogens is 434 g/mol. The van der Waals surface area contributed by atoms with Gasteiger partial charge in [0.15, 0.2) is 17.3 Å². The van der Waals surface area contributed by atoms with Gasteiger partial charge in [-0.3, -0.25) is 4.79 Å². The van der Waals surface area contributed by atoms with Crippen LogP contribution in [0.3, 0.4) is 0 Å². The van der Waals surface area contributed by atoms with Gasteiger partial charge in [-0.15, -0.1) is 0 Å². The minimum atomic E-state index is -0.219. The summed E-state index contributed by atoms with van der Waals surface area (Å²) in [5.74, 6) is 1.58. The Balaban J connectivity index is 1.40. The van der Waals surface area contributed by atoms with Gasteiger partial charge in [0.05, 0.1) is 13.2 Å². The van der Waals surface area contributed by atoms with Crippen molar-refractivity contribution in [1.29, 1.82) is 0 Å². The van der Waals surface area contributed by atoms with E-state index in [1.54, 1.807) is 7.11 Å². The van der Waals surface area contributed by atoms with Gasteiger partial charge in [0.1, 0.15) is 6.61 Å². The van der Waals surface area contributed by atoms with Crippen molar-refractivity contribution in [2.45, 2.75) is 31.9 Å². The van der Waals surface area contributed by atoms with Crippen molar-refractivity contribution in [3.8, 4) is 11.5 Å². The third-order valence-corrected chi connectivity index (χ3v) is 7.03. The maximum atomic E-state index is 13.3. The van der Waals surface area contributed by atoms with E-state index >= 15 is 0 Å². The second-order valence-electron chi connectivity index (χ2n) is 9.14. The molecule has 174 valence electrons. The van der Waals surface area contributed by atoms with Gasteiger partial charge in [0.25, 0.3) is 0 Å². The first-order valence-electron chi connectivity index (χ1n) is 12.1. The highest BCUT2D eigenvalue weighted by Crippen LogP contribution is 2.48. The molecule has 0 amide bonds. The van der Waals surface area contributed by atoms with Crippen molar-refractivity contribution in [3.63, 3.8) is 0 Å². The quantitative estimate of drug-likeness (QED) is 0.344. The number of nitrogens with one attached hydrogen (secondary N) is 1. The molecule has 0 fully saturated rings. The van der Waals surface area contributed by atoms with Gasteiger partial charge in [-0.05, 0) is 58.5 Å². The Hall–Kier alpha value is -4.05. The molecule has 0 radical (unpaired) electrons. The Morgan fingerprint density at radius 1 is 0.886 bits per heavy atom. The van der Waals surface area contributed by atoms with E-state index in [9.17, 15) is 4.79 Å². The van der Waals surface area contributed by atoms with Gasteiger partial charge in [0, 0.05) is 23.2 Å². The molecule has 0 bridgehead atoms. The summed E-state index contributed by atoms with van der Waals surface area (Å²) in [6, 6.07) is 28.5. The van der Waals surface area contributed by atoms with Crippen molar-refractivity contribution in [1.82, 2.24) is 0 Å². The van der Waals surface area contributed by atoms with Crippen molar-refractivity contribution in [2.75, 3.05) is 12.4 Å². The summed E-state index contributed by atoms with van der Waals surface area (Å²) < 4.78 is 11.8. The smallest absolute Gasteiger partial charge is 0.161 e. The molecule has 4 aromatic carbocycles. The van der Waals surface area contributed by atoms with Gasteiger partial charge < -0.3 is 14.8 Å². The highest BCUT2D eigenvalue weighted by molar-refractivity contribution is 6.12. The predicted molar refractivity (Wildman–Crippen MR) is 140 cm³/mol. The minimum absolute atomic E-state index is 0.219. The Morgan fingerprint density at radius 2 is 1.71 bits per heavy atom. The highest BCUT2D eigenvalue weighted by Gasteiger charge is 2.35. The lowest BCUT2D eigenvalue weighted by atomic mass is 9.77. The van der Waals surface area contributed by atoms with Gasteiger partial charge >= 0.3 is 0 Å². The largest absolute Gasteiger partial charge is 0.493 e. The van der Waals surface area contributed by atoms with E-state index < -0.39 is 0 Å². The van der Waals surface area contributed by atoms with Gasteiger partial charge in [-0.25, -0.2) is 0 Å². The number of ketones is 1. The van der Waals surface area contributed by atoms with E-state index in [2.05, 4.69) is 41.7 Å². The zero-order valence-corrected chi connectivity index (χ0v) is 19.7. The number of Topliss-reactive ketones (excluding diaryl/α,β-unsaturated/α-hetero) is 1. The second kappa shape index (κ2) is 8.95. The van der Waals surface area contributed by atoms with Crippen LogP contribution in [-0.4, -0.2) is 12.9 Å². The summed E-state index contributed by atoms with van der Waals surface area (Å²) in [5, 5.41) is 6.08. The Labute approximate surface area is 205 Å². The normalized spacial score (nSPS) is 16.9. The number of methoxy groups -OCH3 is 1. The average Bonchev–Trinajstić information content (AvgIpc) is 2.91. The molecule has 0 spiro atoms. The summed E-state index contributed by atoms with van der Waals surface area (Å²) in [6.07, 6.45) is 2.39. The molecule has 1 heterocycles. The number of rotatable bonds is 5. The molecule has 2 aliphatic rings. The monoisotopic (exact) mass is 461 g/mol. The number of hydrogen-bond donors (Lipinski definition) is 1. The lowest BCUT2D eigenvalue weighted by Gasteiger charge is -2.35. The van der Waals surface area contributed by atoms with Crippen LogP contribution >= 0.6 is 0 Å². The summed E-state index contributed by atoms with van der Waals surface area (Å²) in [6.45, 7) is 0.465. The standard InChI is InChI=1S/C31H27NO3/c1-34-28-18-22(15-17-27(28)35-19-20-8-3-2-4-9-20)31-30-24(12-7-13-26(30)33)29-23-11-6-5-10-21(23)14-16-25(29)32-31/h2-6,8-11,14-18,31-32H,7,12-13,19H2,1H3/t31-/m0/s1. The van der Waals surface area contributed by atoms with E-state index in [1.807, 2.05) is 48.5 Å². The summed E-state index contributed by atoms with van der Waals surface area (Å²) in [5.41, 5.74) is 6.41. The molecule has 1 aliphatic carbocycles. The second-order valence-corrected chi connectivity index (χ2v) is 9.14.